The van der Waals surface area contributed by atoms with Crippen molar-refractivity contribution < 1.29 is 4.79 Å². The molecule has 27 heavy (non-hydrogen) atoms. The molecule has 1 amide bonds. The van der Waals surface area contributed by atoms with Crippen molar-refractivity contribution >= 4 is 5.91 Å². The number of pyridine rings is 1. The highest BCUT2D eigenvalue weighted by Crippen LogP contribution is 2.15. The van der Waals surface area contributed by atoms with Gasteiger partial charge in [0, 0.05) is 31.4 Å². The molecule has 1 fully saturated rings. The zero-order valence-electron chi connectivity index (χ0n) is 16.1. The number of nitrogens with zero attached hydrogens (tertiary/aromatic N) is 2. The van der Waals surface area contributed by atoms with Gasteiger partial charge in [-0.2, -0.15) is 0 Å². The smallest absolute Gasteiger partial charge is 0.220 e. The van der Waals surface area contributed by atoms with E-state index in [0.717, 1.165) is 38.9 Å². The van der Waals surface area contributed by atoms with Gasteiger partial charge >= 0.3 is 0 Å². The fourth-order valence-corrected chi connectivity index (χ4v) is 3.82. The number of likely N-dealkylation sites (tertiary alicyclic amines) is 1. The normalized spacial score (nSPS) is 16.0. The number of aryl methyl sites for hydroxylation is 1. The van der Waals surface area contributed by atoms with Gasteiger partial charge in [-0.15, -0.1) is 0 Å². The van der Waals surface area contributed by atoms with E-state index in [1.807, 2.05) is 12.3 Å². The van der Waals surface area contributed by atoms with Crippen LogP contribution in [0.4, 0.5) is 0 Å². The highest BCUT2D eigenvalue weighted by molar-refractivity contribution is 5.75. The monoisotopic (exact) mass is 365 g/mol. The first-order chi connectivity index (χ1) is 13.3. The van der Waals surface area contributed by atoms with Crippen LogP contribution in [-0.4, -0.2) is 41.5 Å². The van der Waals surface area contributed by atoms with Crippen molar-refractivity contribution in [3.8, 4) is 0 Å². The van der Waals surface area contributed by atoms with Gasteiger partial charge in [0.2, 0.25) is 5.91 Å². The van der Waals surface area contributed by atoms with Crippen LogP contribution >= 0.6 is 0 Å². The van der Waals surface area contributed by atoms with Crippen molar-refractivity contribution in [1.29, 1.82) is 0 Å². The first kappa shape index (κ1) is 19.6. The number of aromatic nitrogens is 1. The molecule has 1 N–H and O–H groups in total. The lowest BCUT2D eigenvalue weighted by molar-refractivity contribution is -0.121. The maximum Gasteiger partial charge on any atom is 0.220 e. The lowest BCUT2D eigenvalue weighted by Gasteiger charge is -2.35. The molecule has 1 aliphatic heterocycles. The third kappa shape index (κ3) is 6.79. The summed E-state index contributed by atoms with van der Waals surface area (Å²) < 4.78 is 0. The molecule has 1 unspecified atom stereocenters. The predicted molar refractivity (Wildman–Crippen MR) is 110 cm³/mol. The van der Waals surface area contributed by atoms with Crippen molar-refractivity contribution in [3.05, 3.63) is 66.0 Å². The van der Waals surface area contributed by atoms with Gasteiger partial charge in [0.05, 0.1) is 0 Å². The Morgan fingerprint density at radius 2 is 1.81 bits per heavy atom. The minimum Gasteiger partial charge on any atom is -0.355 e. The van der Waals surface area contributed by atoms with Crippen LogP contribution in [0.2, 0.25) is 0 Å². The number of rotatable bonds is 9. The van der Waals surface area contributed by atoms with Crippen LogP contribution in [-0.2, 0) is 17.6 Å². The van der Waals surface area contributed by atoms with Gasteiger partial charge in [0.15, 0.2) is 0 Å². The van der Waals surface area contributed by atoms with Crippen LogP contribution in [0.1, 0.15) is 43.2 Å². The number of amides is 1. The van der Waals surface area contributed by atoms with E-state index in [2.05, 4.69) is 51.6 Å². The minimum absolute atomic E-state index is 0.161. The van der Waals surface area contributed by atoms with E-state index in [4.69, 9.17) is 0 Å². The lowest BCUT2D eigenvalue weighted by Crippen LogP contribution is -2.47. The Balaban J connectivity index is 1.46. The molecule has 2 heterocycles. The molecule has 4 nitrogen and oxygen atoms in total. The maximum absolute atomic E-state index is 12.3. The molecule has 2 aromatic rings. The van der Waals surface area contributed by atoms with Crippen LogP contribution < -0.4 is 5.32 Å². The fraction of sp³-hybridized carbons (Fsp3) is 0.478. The van der Waals surface area contributed by atoms with E-state index in [1.54, 1.807) is 6.20 Å². The van der Waals surface area contributed by atoms with Crippen molar-refractivity contribution in [2.45, 2.75) is 51.0 Å². The summed E-state index contributed by atoms with van der Waals surface area (Å²) in [6.07, 6.45) is 10.9. The van der Waals surface area contributed by atoms with Crippen molar-refractivity contribution in [1.82, 2.24) is 15.2 Å². The number of hydrogen-bond donors (Lipinski definition) is 1. The first-order valence-electron chi connectivity index (χ1n) is 10.2. The quantitative estimate of drug-likeness (QED) is 0.738. The summed E-state index contributed by atoms with van der Waals surface area (Å²) in [5.74, 6) is 0.161. The average Bonchev–Trinajstić information content (AvgIpc) is 2.73. The number of nitrogens with one attached hydrogen (secondary N) is 1. The molecular weight excluding hydrogens is 334 g/mol. The van der Waals surface area contributed by atoms with Crippen LogP contribution in [0.3, 0.4) is 0 Å². The second kappa shape index (κ2) is 10.8. The lowest BCUT2D eigenvalue weighted by atomic mass is 10.0. The van der Waals surface area contributed by atoms with Gasteiger partial charge in [0.25, 0.3) is 0 Å². The van der Waals surface area contributed by atoms with Crippen molar-refractivity contribution in [2.24, 2.45) is 0 Å². The van der Waals surface area contributed by atoms with Gasteiger partial charge in [-0.3, -0.25) is 14.7 Å². The Kier molecular flexibility index (Phi) is 7.84. The molecule has 0 saturated carbocycles. The molecule has 1 atom stereocenters. The number of piperidine rings is 1. The molecule has 4 heteroatoms. The molecule has 1 aromatic carbocycles. The van der Waals surface area contributed by atoms with Gasteiger partial charge in [-0.05, 0) is 62.4 Å². The summed E-state index contributed by atoms with van der Waals surface area (Å²) in [4.78, 5) is 19.0. The average molecular weight is 366 g/mol. The first-order valence-corrected chi connectivity index (χ1v) is 10.2. The van der Waals surface area contributed by atoms with E-state index >= 15 is 0 Å². The van der Waals surface area contributed by atoms with Crippen LogP contribution in [0.25, 0.3) is 0 Å². The molecule has 0 bridgehead atoms. The van der Waals surface area contributed by atoms with E-state index in [-0.39, 0.29) is 5.91 Å². The molecule has 0 radical (unpaired) electrons. The summed E-state index contributed by atoms with van der Waals surface area (Å²) in [7, 11) is 0. The highest BCUT2D eigenvalue weighted by atomic mass is 16.1. The Bertz CT molecular complexity index is 669. The van der Waals surface area contributed by atoms with Crippen molar-refractivity contribution in [3.63, 3.8) is 0 Å². The Hall–Kier alpha value is -2.20. The molecular formula is C23H31N3O. The molecule has 3 rings (SSSR count). The summed E-state index contributed by atoms with van der Waals surface area (Å²) >= 11 is 0. The minimum atomic E-state index is 0.161. The SMILES string of the molecule is O=C(CCCc1cccnc1)NCC(Cc1ccccc1)N1CCCCC1. The van der Waals surface area contributed by atoms with Gasteiger partial charge in [-0.25, -0.2) is 0 Å². The molecule has 0 aliphatic carbocycles. The van der Waals surface area contributed by atoms with E-state index in [9.17, 15) is 4.79 Å². The summed E-state index contributed by atoms with van der Waals surface area (Å²) in [5.41, 5.74) is 2.54. The zero-order valence-corrected chi connectivity index (χ0v) is 16.1. The second-order valence-electron chi connectivity index (χ2n) is 7.46. The largest absolute Gasteiger partial charge is 0.355 e. The number of hydrogen-bond acceptors (Lipinski definition) is 3. The second-order valence-corrected chi connectivity index (χ2v) is 7.46. The van der Waals surface area contributed by atoms with Crippen LogP contribution in [0, 0.1) is 0 Å². The zero-order chi connectivity index (χ0) is 18.7. The Morgan fingerprint density at radius 3 is 2.56 bits per heavy atom. The summed E-state index contributed by atoms with van der Waals surface area (Å²) in [5, 5.41) is 3.19. The summed E-state index contributed by atoms with van der Waals surface area (Å²) in [6.45, 7) is 3.03. The Morgan fingerprint density at radius 1 is 1.04 bits per heavy atom. The van der Waals surface area contributed by atoms with E-state index < -0.39 is 0 Å². The van der Waals surface area contributed by atoms with Crippen LogP contribution in [0.15, 0.2) is 54.9 Å². The topological polar surface area (TPSA) is 45.2 Å². The highest BCUT2D eigenvalue weighted by Gasteiger charge is 2.21. The number of carbonyl (C=O) groups is 1. The predicted octanol–water partition coefficient (Wildman–Crippen LogP) is 3.62. The maximum atomic E-state index is 12.3. The third-order valence-corrected chi connectivity index (χ3v) is 5.35. The van der Waals surface area contributed by atoms with Crippen molar-refractivity contribution in [2.75, 3.05) is 19.6 Å². The third-order valence-electron chi connectivity index (χ3n) is 5.35. The number of benzene rings is 1. The number of carbonyl (C=O) groups excluding carboxylic acids is 1. The molecule has 144 valence electrons. The standard InChI is InChI=1S/C23H31N3O/c27-23(13-7-11-21-12-8-14-24-18-21)25-19-22(26-15-5-2-6-16-26)17-20-9-3-1-4-10-20/h1,3-4,8-10,12,14,18,22H,2,5-7,11,13,15-17,19H2,(H,25,27). The van der Waals surface area contributed by atoms with E-state index in [1.165, 1.54) is 30.4 Å². The summed E-state index contributed by atoms with van der Waals surface area (Å²) in [6, 6.07) is 15.0. The van der Waals surface area contributed by atoms with Gasteiger partial charge in [-0.1, -0.05) is 42.8 Å². The van der Waals surface area contributed by atoms with Crippen LogP contribution in [0.5, 0.6) is 0 Å². The molecule has 1 saturated heterocycles. The Labute approximate surface area is 163 Å². The van der Waals surface area contributed by atoms with Gasteiger partial charge < -0.3 is 5.32 Å². The van der Waals surface area contributed by atoms with Gasteiger partial charge in [0.1, 0.15) is 0 Å². The fourth-order valence-electron chi connectivity index (χ4n) is 3.82. The molecule has 0 spiro atoms. The van der Waals surface area contributed by atoms with E-state index in [0.29, 0.717) is 12.5 Å². The molecule has 1 aromatic heterocycles. The molecule has 1 aliphatic rings.